The molecule has 0 aliphatic carbocycles. The number of methoxy groups -OCH3 is 2. The Hall–Kier alpha value is -2.22. The summed E-state index contributed by atoms with van der Waals surface area (Å²) in [5.41, 5.74) is 0.953. The van der Waals surface area contributed by atoms with Crippen LogP contribution in [0.25, 0.3) is 0 Å². The minimum absolute atomic E-state index is 0.0876. The highest BCUT2D eigenvalue weighted by Crippen LogP contribution is 2.14. The van der Waals surface area contributed by atoms with Crippen LogP contribution in [0.15, 0.2) is 18.7 Å². The zero-order chi connectivity index (χ0) is 14.4. The molecule has 0 saturated carbocycles. The van der Waals surface area contributed by atoms with Crippen LogP contribution in [0.4, 0.5) is 10.3 Å². The van der Waals surface area contributed by atoms with Gasteiger partial charge in [-0.2, -0.15) is 9.37 Å². The largest absolute Gasteiger partial charge is 0.479 e. The lowest BCUT2D eigenvalue weighted by Crippen LogP contribution is -2.11. The molecule has 2 aromatic heterocycles. The van der Waals surface area contributed by atoms with Gasteiger partial charge in [-0.25, -0.2) is 9.97 Å². The number of hydrogen-bond acceptors (Lipinski definition) is 6. The Morgan fingerprint density at radius 2 is 2.20 bits per heavy atom. The number of aromatic nitrogens is 4. The van der Waals surface area contributed by atoms with Crippen LogP contribution < -0.4 is 10.1 Å². The molecule has 0 spiro atoms. The molecule has 0 bridgehead atoms. The minimum Gasteiger partial charge on any atom is -0.479 e. The number of anilines is 1. The molecule has 108 valence electrons. The van der Waals surface area contributed by atoms with E-state index in [4.69, 9.17) is 9.47 Å². The summed E-state index contributed by atoms with van der Waals surface area (Å²) in [7, 11) is 3.00. The first kappa shape index (κ1) is 14.2. The van der Waals surface area contributed by atoms with Gasteiger partial charge in [0.25, 0.3) is 5.88 Å². The Labute approximate surface area is 115 Å². The van der Waals surface area contributed by atoms with Gasteiger partial charge in [0.05, 0.1) is 38.5 Å². The summed E-state index contributed by atoms with van der Waals surface area (Å²) in [6.45, 7) is 1.78. The van der Waals surface area contributed by atoms with E-state index in [-0.39, 0.29) is 5.88 Å². The third-order valence-electron chi connectivity index (χ3n) is 2.67. The van der Waals surface area contributed by atoms with Gasteiger partial charge < -0.3 is 19.4 Å². The summed E-state index contributed by atoms with van der Waals surface area (Å²) in [4.78, 5) is 11.8. The van der Waals surface area contributed by atoms with E-state index >= 15 is 0 Å². The molecule has 1 N–H and O–H groups in total. The number of rotatable bonds is 7. The molecule has 0 radical (unpaired) electrons. The molecular weight excluding hydrogens is 265 g/mol. The zero-order valence-electron chi connectivity index (χ0n) is 11.3. The third kappa shape index (κ3) is 3.41. The van der Waals surface area contributed by atoms with Gasteiger partial charge in [0.2, 0.25) is 11.8 Å². The second kappa shape index (κ2) is 6.80. The van der Waals surface area contributed by atoms with Crippen molar-refractivity contribution in [3.8, 4) is 5.88 Å². The minimum atomic E-state index is -0.594. The summed E-state index contributed by atoms with van der Waals surface area (Å²) in [6, 6.07) is 0. The maximum atomic E-state index is 13.2. The first-order valence-electron chi connectivity index (χ1n) is 6.03. The van der Waals surface area contributed by atoms with E-state index < -0.39 is 5.82 Å². The lowest BCUT2D eigenvalue weighted by atomic mass is 10.4. The molecule has 7 nitrogen and oxygen atoms in total. The fraction of sp³-hybridized carbons (Fsp3) is 0.417. The van der Waals surface area contributed by atoms with Crippen molar-refractivity contribution in [1.82, 2.24) is 19.5 Å². The van der Waals surface area contributed by atoms with Gasteiger partial charge in [0.1, 0.15) is 0 Å². The quantitative estimate of drug-likeness (QED) is 0.818. The Balaban J connectivity index is 2.00. The highest BCUT2D eigenvalue weighted by Gasteiger charge is 2.08. The van der Waals surface area contributed by atoms with Crippen LogP contribution in [0.5, 0.6) is 5.88 Å². The molecule has 0 aliphatic heterocycles. The lowest BCUT2D eigenvalue weighted by molar-refractivity contribution is 0.186. The molecule has 0 aliphatic rings. The van der Waals surface area contributed by atoms with Gasteiger partial charge >= 0.3 is 0 Å². The molecule has 2 aromatic rings. The Morgan fingerprint density at radius 1 is 1.35 bits per heavy atom. The maximum absolute atomic E-state index is 13.2. The fourth-order valence-electron chi connectivity index (χ4n) is 1.64. The van der Waals surface area contributed by atoms with Gasteiger partial charge in [0, 0.05) is 19.9 Å². The van der Waals surface area contributed by atoms with Crippen molar-refractivity contribution in [2.75, 3.05) is 26.1 Å². The lowest BCUT2D eigenvalue weighted by Gasteiger charge is -2.09. The second-order valence-electron chi connectivity index (χ2n) is 3.98. The van der Waals surface area contributed by atoms with Gasteiger partial charge in [-0.15, -0.1) is 0 Å². The average Bonchev–Trinajstić information content (AvgIpc) is 2.91. The first-order valence-corrected chi connectivity index (χ1v) is 6.03. The fourth-order valence-corrected chi connectivity index (χ4v) is 1.64. The molecule has 20 heavy (non-hydrogen) atoms. The molecule has 0 saturated heterocycles. The van der Waals surface area contributed by atoms with Crippen LogP contribution in [-0.4, -0.2) is 40.3 Å². The average molecular weight is 281 g/mol. The number of ether oxygens (including phenoxy) is 2. The maximum Gasteiger partial charge on any atom is 0.255 e. The van der Waals surface area contributed by atoms with Gasteiger partial charge in [-0.1, -0.05) is 0 Å². The molecule has 0 aromatic carbocycles. The Kier molecular flexibility index (Phi) is 4.83. The molecule has 2 heterocycles. The molecular formula is C12H16FN5O2. The van der Waals surface area contributed by atoms with Crippen molar-refractivity contribution in [3.05, 3.63) is 30.2 Å². The summed E-state index contributed by atoms with van der Waals surface area (Å²) in [6.07, 6.45) is 4.53. The van der Waals surface area contributed by atoms with Crippen LogP contribution in [0.3, 0.4) is 0 Å². The van der Waals surface area contributed by atoms with Crippen LogP contribution in [-0.2, 0) is 17.8 Å². The number of halogens is 1. The number of nitrogens with zero attached hydrogens (tertiary/aromatic N) is 4. The van der Waals surface area contributed by atoms with Crippen LogP contribution in [0.2, 0.25) is 0 Å². The molecule has 0 unspecified atom stereocenters. The van der Waals surface area contributed by atoms with Crippen molar-refractivity contribution in [1.29, 1.82) is 0 Å². The van der Waals surface area contributed by atoms with Gasteiger partial charge in [-0.3, -0.25) is 0 Å². The van der Waals surface area contributed by atoms with E-state index in [0.29, 0.717) is 25.6 Å². The Bertz CT molecular complexity index is 561. The molecule has 8 heteroatoms. The van der Waals surface area contributed by atoms with E-state index in [1.165, 1.54) is 7.11 Å². The molecule has 0 amide bonds. The van der Waals surface area contributed by atoms with Crippen molar-refractivity contribution in [3.63, 3.8) is 0 Å². The topological polar surface area (TPSA) is 74.1 Å². The van der Waals surface area contributed by atoms with E-state index in [2.05, 4.69) is 20.3 Å². The summed E-state index contributed by atoms with van der Waals surface area (Å²) >= 11 is 0. The standard InChI is InChI=1S/C12H16FN5O2/c1-19-4-3-18-8-14-5-9(18)6-15-12-16-7-10(13)11(17-12)20-2/h5,7-8H,3-4,6H2,1-2H3,(H,15,16,17). The number of imidazole rings is 1. The van der Waals surface area contributed by atoms with Crippen LogP contribution in [0.1, 0.15) is 5.69 Å². The highest BCUT2D eigenvalue weighted by molar-refractivity contribution is 5.29. The summed E-state index contributed by atoms with van der Waals surface area (Å²) < 4.78 is 25.0. The molecule has 0 fully saturated rings. The van der Waals surface area contributed by atoms with Crippen molar-refractivity contribution < 1.29 is 13.9 Å². The summed E-state index contributed by atoms with van der Waals surface area (Å²) in [5.74, 6) is -0.388. The zero-order valence-corrected chi connectivity index (χ0v) is 11.3. The van der Waals surface area contributed by atoms with Crippen molar-refractivity contribution >= 4 is 5.95 Å². The number of hydrogen-bond donors (Lipinski definition) is 1. The van der Waals surface area contributed by atoms with Crippen LogP contribution in [0, 0.1) is 5.82 Å². The van der Waals surface area contributed by atoms with E-state index in [0.717, 1.165) is 11.9 Å². The normalized spacial score (nSPS) is 10.6. The van der Waals surface area contributed by atoms with E-state index in [9.17, 15) is 4.39 Å². The van der Waals surface area contributed by atoms with Crippen molar-refractivity contribution in [2.24, 2.45) is 0 Å². The highest BCUT2D eigenvalue weighted by atomic mass is 19.1. The van der Waals surface area contributed by atoms with Crippen LogP contribution >= 0.6 is 0 Å². The van der Waals surface area contributed by atoms with Crippen molar-refractivity contribution in [2.45, 2.75) is 13.1 Å². The van der Waals surface area contributed by atoms with E-state index in [1.807, 2.05) is 4.57 Å². The monoisotopic (exact) mass is 281 g/mol. The van der Waals surface area contributed by atoms with Gasteiger partial charge in [-0.05, 0) is 0 Å². The Morgan fingerprint density at radius 3 is 2.95 bits per heavy atom. The first-order chi connectivity index (χ1) is 9.74. The molecule has 2 rings (SSSR count). The SMILES string of the molecule is COCCn1cncc1CNc1ncc(F)c(OC)n1. The smallest absolute Gasteiger partial charge is 0.255 e. The third-order valence-corrected chi connectivity index (χ3v) is 2.67. The predicted molar refractivity (Wildman–Crippen MR) is 70.0 cm³/mol. The number of nitrogens with one attached hydrogen (secondary N) is 1. The molecule has 0 atom stereocenters. The summed E-state index contributed by atoms with van der Waals surface area (Å²) in [5, 5.41) is 3.00. The predicted octanol–water partition coefficient (Wildman–Crippen LogP) is 1.08. The van der Waals surface area contributed by atoms with E-state index in [1.54, 1.807) is 19.6 Å². The second-order valence-corrected chi connectivity index (χ2v) is 3.98. The van der Waals surface area contributed by atoms with Gasteiger partial charge in [0.15, 0.2) is 0 Å².